The number of hydrogen-bond acceptors (Lipinski definition) is 4. The molecule has 0 spiro atoms. The highest BCUT2D eigenvalue weighted by atomic mass is 79.9. The van der Waals surface area contributed by atoms with Gasteiger partial charge in [-0.1, -0.05) is 0 Å². The third-order valence-corrected chi connectivity index (χ3v) is 4.50. The number of carbonyl (C=O) groups is 1. The van der Waals surface area contributed by atoms with Crippen LogP contribution in [0.25, 0.3) is 0 Å². The van der Waals surface area contributed by atoms with Crippen LogP contribution in [-0.2, 0) is 4.79 Å². The number of carboxylic acids is 1. The highest BCUT2D eigenvalue weighted by molar-refractivity contribution is 9.10. The van der Waals surface area contributed by atoms with Crippen LogP contribution in [0.5, 0.6) is 0 Å². The van der Waals surface area contributed by atoms with Gasteiger partial charge in [-0.25, -0.2) is 4.98 Å². The molecule has 0 aromatic carbocycles. The number of hydrogen-bond donors (Lipinski definition) is 2. The van der Waals surface area contributed by atoms with Crippen molar-refractivity contribution < 1.29 is 9.90 Å². The molecule has 0 aliphatic rings. The van der Waals surface area contributed by atoms with E-state index >= 15 is 0 Å². The lowest BCUT2D eigenvalue weighted by molar-refractivity contribution is -0.144. The van der Waals surface area contributed by atoms with Crippen LogP contribution >= 0.6 is 27.7 Å². The minimum absolute atomic E-state index is 0.534. The molecule has 0 bridgehead atoms. The van der Waals surface area contributed by atoms with E-state index in [0.29, 0.717) is 12.2 Å². The summed E-state index contributed by atoms with van der Waals surface area (Å²) < 4.78 is 0.937. The molecule has 4 nitrogen and oxygen atoms in total. The molecule has 17 heavy (non-hydrogen) atoms. The SMILES string of the molecule is CNC(C)(CCSc1ncccc1Br)C(=O)O. The van der Waals surface area contributed by atoms with Crippen molar-refractivity contribution in [2.45, 2.75) is 23.9 Å². The van der Waals surface area contributed by atoms with Crippen LogP contribution in [0.1, 0.15) is 13.3 Å². The molecule has 1 unspecified atom stereocenters. The van der Waals surface area contributed by atoms with Crippen LogP contribution in [0.2, 0.25) is 0 Å². The van der Waals surface area contributed by atoms with Crippen molar-refractivity contribution in [1.29, 1.82) is 0 Å². The molecule has 1 atom stereocenters. The van der Waals surface area contributed by atoms with Crippen LogP contribution in [-0.4, -0.2) is 34.4 Å². The maximum atomic E-state index is 11.1. The highest BCUT2D eigenvalue weighted by Crippen LogP contribution is 2.26. The second-order valence-corrected chi connectivity index (χ2v) is 5.71. The van der Waals surface area contributed by atoms with Gasteiger partial charge in [0.15, 0.2) is 0 Å². The monoisotopic (exact) mass is 318 g/mol. The Bertz CT molecular complexity index is 403. The summed E-state index contributed by atoms with van der Waals surface area (Å²) in [4.78, 5) is 15.3. The summed E-state index contributed by atoms with van der Waals surface area (Å²) in [7, 11) is 1.66. The van der Waals surface area contributed by atoms with Crippen LogP contribution in [0, 0.1) is 0 Å². The van der Waals surface area contributed by atoms with Crippen molar-refractivity contribution in [3.05, 3.63) is 22.8 Å². The third-order valence-electron chi connectivity index (χ3n) is 2.59. The molecule has 1 aromatic heterocycles. The zero-order chi connectivity index (χ0) is 12.9. The van der Waals surface area contributed by atoms with Gasteiger partial charge in [0.05, 0.1) is 0 Å². The molecule has 0 saturated carbocycles. The van der Waals surface area contributed by atoms with Gasteiger partial charge in [-0.15, -0.1) is 11.8 Å². The summed E-state index contributed by atoms with van der Waals surface area (Å²) in [5.74, 6) is -0.139. The first-order chi connectivity index (χ1) is 7.99. The Balaban J connectivity index is 2.53. The smallest absolute Gasteiger partial charge is 0.323 e. The molecular weight excluding hydrogens is 304 g/mol. The Morgan fingerprint density at radius 2 is 2.41 bits per heavy atom. The molecule has 0 saturated heterocycles. The van der Waals surface area contributed by atoms with Crippen molar-refractivity contribution in [3.63, 3.8) is 0 Å². The summed E-state index contributed by atoms with van der Waals surface area (Å²) in [5.41, 5.74) is -0.881. The molecule has 2 N–H and O–H groups in total. The van der Waals surface area contributed by atoms with Crippen molar-refractivity contribution in [2.75, 3.05) is 12.8 Å². The van der Waals surface area contributed by atoms with Gasteiger partial charge in [0.2, 0.25) is 0 Å². The molecule has 0 fully saturated rings. The third kappa shape index (κ3) is 3.97. The normalized spacial score (nSPS) is 14.3. The second-order valence-electron chi connectivity index (χ2n) is 3.78. The van der Waals surface area contributed by atoms with Crippen molar-refractivity contribution >= 4 is 33.7 Å². The number of nitrogens with zero attached hydrogens (tertiary/aromatic N) is 1. The number of aliphatic carboxylic acids is 1. The molecular formula is C11H15BrN2O2S. The lowest BCUT2D eigenvalue weighted by atomic mass is 10.00. The molecule has 1 heterocycles. The van der Waals surface area contributed by atoms with E-state index in [4.69, 9.17) is 5.11 Å². The lowest BCUT2D eigenvalue weighted by Crippen LogP contribution is -2.47. The second kappa shape index (κ2) is 6.37. The minimum atomic E-state index is -0.881. The number of nitrogens with one attached hydrogen (secondary N) is 1. The summed E-state index contributed by atoms with van der Waals surface area (Å²) >= 11 is 4.95. The Labute approximate surface area is 113 Å². The zero-order valence-corrected chi connectivity index (χ0v) is 12.1. The molecule has 0 amide bonds. The van der Waals surface area contributed by atoms with Gasteiger partial charge in [0.25, 0.3) is 0 Å². The number of aromatic nitrogens is 1. The first kappa shape index (κ1) is 14.5. The number of thioether (sulfide) groups is 1. The minimum Gasteiger partial charge on any atom is -0.480 e. The van der Waals surface area contributed by atoms with Crippen LogP contribution < -0.4 is 5.32 Å². The predicted octanol–water partition coefficient (Wildman–Crippen LogP) is 2.39. The number of halogens is 1. The summed E-state index contributed by atoms with van der Waals surface area (Å²) in [5, 5.41) is 12.8. The van der Waals surface area contributed by atoms with E-state index in [9.17, 15) is 4.79 Å². The van der Waals surface area contributed by atoms with E-state index in [1.54, 1.807) is 31.9 Å². The summed E-state index contributed by atoms with van der Waals surface area (Å²) in [6.07, 6.45) is 2.26. The first-order valence-electron chi connectivity index (χ1n) is 5.15. The van der Waals surface area contributed by atoms with Crippen molar-refractivity contribution in [1.82, 2.24) is 10.3 Å². The Kier molecular flexibility index (Phi) is 5.42. The number of rotatable bonds is 6. The predicted molar refractivity (Wildman–Crippen MR) is 72.4 cm³/mol. The molecule has 0 aliphatic carbocycles. The largest absolute Gasteiger partial charge is 0.480 e. The van der Waals surface area contributed by atoms with E-state index in [1.807, 2.05) is 12.1 Å². The topological polar surface area (TPSA) is 62.2 Å². The average molecular weight is 319 g/mol. The first-order valence-corrected chi connectivity index (χ1v) is 6.93. The molecule has 6 heteroatoms. The fourth-order valence-electron chi connectivity index (χ4n) is 1.17. The average Bonchev–Trinajstić information content (AvgIpc) is 2.31. The van der Waals surface area contributed by atoms with E-state index in [2.05, 4.69) is 26.2 Å². The Morgan fingerprint density at radius 3 is 2.94 bits per heavy atom. The van der Waals surface area contributed by atoms with E-state index in [0.717, 1.165) is 9.50 Å². The van der Waals surface area contributed by atoms with Gasteiger partial charge in [-0.2, -0.15) is 0 Å². The number of pyridine rings is 1. The maximum absolute atomic E-state index is 11.1. The lowest BCUT2D eigenvalue weighted by Gasteiger charge is -2.23. The Hall–Kier alpha value is -0.590. The molecule has 0 radical (unpaired) electrons. The maximum Gasteiger partial charge on any atom is 0.323 e. The quantitative estimate of drug-likeness (QED) is 0.789. The molecule has 94 valence electrons. The number of likely N-dealkylation sites (N-methyl/N-ethyl adjacent to an activating group) is 1. The van der Waals surface area contributed by atoms with Crippen molar-refractivity contribution in [3.8, 4) is 0 Å². The van der Waals surface area contributed by atoms with Crippen LogP contribution in [0.3, 0.4) is 0 Å². The fraction of sp³-hybridized carbons (Fsp3) is 0.455. The molecule has 1 rings (SSSR count). The zero-order valence-electron chi connectivity index (χ0n) is 9.74. The van der Waals surface area contributed by atoms with Crippen molar-refractivity contribution in [2.24, 2.45) is 0 Å². The van der Waals surface area contributed by atoms with Gasteiger partial charge in [-0.05, 0) is 48.5 Å². The molecule has 1 aromatic rings. The van der Waals surface area contributed by atoms with E-state index in [1.165, 1.54) is 0 Å². The van der Waals surface area contributed by atoms with Gasteiger partial charge >= 0.3 is 5.97 Å². The summed E-state index contributed by atoms with van der Waals surface area (Å²) in [6, 6.07) is 3.77. The van der Waals surface area contributed by atoms with Crippen LogP contribution in [0.15, 0.2) is 27.8 Å². The summed E-state index contributed by atoms with van der Waals surface area (Å²) in [6.45, 7) is 1.68. The Morgan fingerprint density at radius 1 is 1.71 bits per heavy atom. The standard InChI is InChI=1S/C11H15BrN2O2S/c1-11(13-2,10(15)16)5-7-17-9-8(12)4-3-6-14-9/h3-4,6,13H,5,7H2,1-2H3,(H,15,16). The van der Waals surface area contributed by atoms with Gasteiger partial charge in [0, 0.05) is 16.4 Å². The highest BCUT2D eigenvalue weighted by Gasteiger charge is 2.30. The number of carboxylic acid groups (broad SMARTS) is 1. The molecule has 0 aliphatic heterocycles. The van der Waals surface area contributed by atoms with Gasteiger partial charge in [-0.3, -0.25) is 4.79 Å². The fourth-order valence-corrected chi connectivity index (χ4v) is 2.81. The van der Waals surface area contributed by atoms with Gasteiger partial charge < -0.3 is 10.4 Å². The van der Waals surface area contributed by atoms with Gasteiger partial charge in [0.1, 0.15) is 10.6 Å². The van der Waals surface area contributed by atoms with E-state index in [-0.39, 0.29) is 0 Å². The van der Waals surface area contributed by atoms with Crippen LogP contribution in [0.4, 0.5) is 0 Å². The van der Waals surface area contributed by atoms with E-state index < -0.39 is 11.5 Å².